The number of carbonyl (C=O) groups is 2. The Kier molecular flexibility index (Phi) is 4.01. The molecule has 0 radical (unpaired) electrons. The SMILES string of the molecule is CCN1C(=O)C[C@@H]([NH+]2CCC(c3ccncc3)CC2)C1=O. The number of likely N-dealkylation sites (tertiary alicyclic amines) is 2. The van der Waals surface area contributed by atoms with E-state index in [0.29, 0.717) is 18.9 Å². The van der Waals surface area contributed by atoms with E-state index >= 15 is 0 Å². The molecular weight excluding hydrogens is 266 g/mol. The van der Waals surface area contributed by atoms with Crippen molar-refractivity contribution in [3.05, 3.63) is 30.1 Å². The first-order valence-electron chi connectivity index (χ1n) is 7.79. The lowest BCUT2D eigenvalue weighted by Crippen LogP contribution is -3.17. The van der Waals surface area contributed by atoms with Gasteiger partial charge in [0.25, 0.3) is 5.91 Å². The third kappa shape index (κ3) is 2.70. The van der Waals surface area contributed by atoms with E-state index in [9.17, 15) is 9.59 Å². The number of amides is 2. The molecule has 112 valence electrons. The summed E-state index contributed by atoms with van der Waals surface area (Å²) in [5, 5.41) is 0. The normalized spacial score (nSPS) is 30.0. The van der Waals surface area contributed by atoms with Crippen LogP contribution in [0, 0.1) is 0 Å². The van der Waals surface area contributed by atoms with E-state index in [1.54, 1.807) is 0 Å². The van der Waals surface area contributed by atoms with Gasteiger partial charge in [-0.15, -0.1) is 0 Å². The van der Waals surface area contributed by atoms with Crippen LogP contribution in [-0.2, 0) is 9.59 Å². The summed E-state index contributed by atoms with van der Waals surface area (Å²) >= 11 is 0. The van der Waals surface area contributed by atoms with Crippen LogP contribution in [0.1, 0.15) is 37.7 Å². The smallest absolute Gasteiger partial charge is 0.287 e. The summed E-state index contributed by atoms with van der Waals surface area (Å²) in [5.74, 6) is 0.586. The molecule has 2 aliphatic heterocycles. The molecule has 0 bridgehead atoms. The average molecular weight is 288 g/mol. The fourth-order valence-corrected chi connectivity index (χ4v) is 3.64. The average Bonchev–Trinajstić information content (AvgIpc) is 2.82. The first kappa shape index (κ1) is 14.2. The maximum atomic E-state index is 12.3. The Hall–Kier alpha value is -1.75. The van der Waals surface area contributed by atoms with Gasteiger partial charge in [-0.25, -0.2) is 0 Å². The van der Waals surface area contributed by atoms with Gasteiger partial charge in [-0.2, -0.15) is 0 Å². The molecule has 1 aromatic rings. The maximum Gasteiger partial charge on any atom is 0.287 e. The summed E-state index contributed by atoms with van der Waals surface area (Å²) in [4.78, 5) is 30.9. The molecule has 21 heavy (non-hydrogen) atoms. The summed E-state index contributed by atoms with van der Waals surface area (Å²) in [6.45, 7) is 4.30. The molecule has 5 heteroatoms. The Balaban J connectivity index is 1.62. The number of hydrogen-bond donors (Lipinski definition) is 1. The Morgan fingerprint density at radius 1 is 1.24 bits per heavy atom. The number of carbonyl (C=O) groups excluding carboxylic acids is 2. The van der Waals surface area contributed by atoms with Crippen LogP contribution in [0.15, 0.2) is 24.5 Å². The lowest BCUT2D eigenvalue weighted by atomic mass is 9.89. The molecule has 3 rings (SSSR count). The van der Waals surface area contributed by atoms with Crippen LogP contribution in [0.25, 0.3) is 0 Å². The van der Waals surface area contributed by atoms with E-state index in [2.05, 4.69) is 17.1 Å². The molecule has 0 saturated carbocycles. The van der Waals surface area contributed by atoms with E-state index in [1.807, 2.05) is 19.3 Å². The number of nitrogens with zero attached hydrogens (tertiary/aromatic N) is 2. The van der Waals surface area contributed by atoms with Gasteiger partial charge in [0.1, 0.15) is 0 Å². The molecule has 0 unspecified atom stereocenters. The topological polar surface area (TPSA) is 54.7 Å². The van der Waals surface area contributed by atoms with Gasteiger partial charge in [-0.05, 0) is 30.5 Å². The second-order valence-electron chi connectivity index (χ2n) is 5.95. The molecule has 1 N–H and O–H groups in total. The number of quaternary nitrogens is 1. The fraction of sp³-hybridized carbons (Fsp3) is 0.562. The fourth-order valence-electron chi connectivity index (χ4n) is 3.64. The van der Waals surface area contributed by atoms with Crippen LogP contribution in [-0.4, -0.2) is 47.4 Å². The lowest BCUT2D eigenvalue weighted by Gasteiger charge is -2.32. The minimum absolute atomic E-state index is 0.00347. The van der Waals surface area contributed by atoms with Gasteiger partial charge in [-0.1, -0.05) is 0 Å². The van der Waals surface area contributed by atoms with Gasteiger partial charge in [-0.3, -0.25) is 19.5 Å². The van der Waals surface area contributed by atoms with E-state index < -0.39 is 0 Å². The highest BCUT2D eigenvalue weighted by molar-refractivity contribution is 6.04. The van der Waals surface area contributed by atoms with Crippen molar-refractivity contribution in [2.24, 2.45) is 0 Å². The molecule has 0 aromatic carbocycles. The third-order valence-electron chi connectivity index (χ3n) is 4.86. The van der Waals surface area contributed by atoms with Crippen molar-refractivity contribution < 1.29 is 14.5 Å². The minimum Gasteiger partial charge on any atom is -0.324 e. The quantitative estimate of drug-likeness (QED) is 0.796. The van der Waals surface area contributed by atoms with Crippen LogP contribution in [0.2, 0.25) is 0 Å². The van der Waals surface area contributed by atoms with E-state index in [1.165, 1.54) is 15.4 Å². The molecule has 1 atom stereocenters. The molecule has 0 aliphatic carbocycles. The molecule has 3 heterocycles. The van der Waals surface area contributed by atoms with Gasteiger partial charge < -0.3 is 4.90 Å². The molecule has 1 aromatic heterocycles. The van der Waals surface area contributed by atoms with Crippen molar-refractivity contribution in [2.45, 2.75) is 38.1 Å². The van der Waals surface area contributed by atoms with Crippen LogP contribution in [0.3, 0.4) is 0 Å². The van der Waals surface area contributed by atoms with Crippen molar-refractivity contribution in [1.82, 2.24) is 9.88 Å². The Morgan fingerprint density at radius 2 is 1.90 bits per heavy atom. The van der Waals surface area contributed by atoms with E-state index in [-0.39, 0.29) is 17.9 Å². The number of rotatable bonds is 3. The minimum atomic E-state index is -0.143. The molecule has 2 fully saturated rings. The van der Waals surface area contributed by atoms with Gasteiger partial charge >= 0.3 is 0 Å². The Morgan fingerprint density at radius 3 is 2.48 bits per heavy atom. The largest absolute Gasteiger partial charge is 0.324 e. The number of nitrogens with one attached hydrogen (secondary N) is 1. The molecule has 5 nitrogen and oxygen atoms in total. The van der Waals surface area contributed by atoms with Crippen LogP contribution >= 0.6 is 0 Å². The summed E-state index contributed by atoms with van der Waals surface area (Å²) in [6, 6.07) is 4.02. The zero-order chi connectivity index (χ0) is 14.8. The standard InChI is InChI=1S/C16H21N3O2/c1-2-19-15(20)11-14(16(19)21)18-9-5-13(6-10-18)12-3-7-17-8-4-12/h3-4,7-8,13-14H,2,5-6,9-11H2,1H3/p+1/t14-/m1/s1. The molecule has 0 spiro atoms. The number of aromatic nitrogens is 1. The highest BCUT2D eigenvalue weighted by atomic mass is 16.2. The van der Waals surface area contributed by atoms with Crippen molar-refractivity contribution in [2.75, 3.05) is 19.6 Å². The monoisotopic (exact) mass is 288 g/mol. The third-order valence-corrected chi connectivity index (χ3v) is 4.86. The van der Waals surface area contributed by atoms with Crippen molar-refractivity contribution in [1.29, 1.82) is 0 Å². The van der Waals surface area contributed by atoms with Crippen molar-refractivity contribution in [3.63, 3.8) is 0 Å². The maximum absolute atomic E-state index is 12.3. The second-order valence-corrected chi connectivity index (χ2v) is 5.95. The zero-order valence-electron chi connectivity index (χ0n) is 12.4. The number of pyridine rings is 1. The summed E-state index contributed by atoms with van der Waals surface area (Å²) in [5.41, 5.74) is 1.34. The predicted octanol–water partition coefficient (Wildman–Crippen LogP) is -0.00870. The predicted molar refractivity (Wildman–Crippen MR) is 77.7 cm³/mol. The van der Waals surface area contributed by atoms with Crippen molar-refractivity contribution >= 4 is 11.8 Å². The first-order chi connectivity index (χ1) is 10.2. The van der Waals surface area contributed by atoms with Gasteiger partial charge in [0, 0.05) is 31.8 Å². The zero-order valence-corrected chi connectivity index (χ0v) is 12.4. The van der Waals surface area contributed by atoms with E-state index in [4.69, 9.17) is 0 Å². The number of hydrogen-bond acceptors (Lipinski definition) is 3. The van der Waals surface area contributed by atoms with Crippen LogP contribution in [0.5, 0.6) is 0 Å². The number of imide groups is 1. The molecule has 2 saturated heterocycles. The first-order valence-corrected chi connectivity index (χ1v) is 7.79. The summed E-state index contributed by atoms with van der Waals surface area (Å²) < 4.78 is 0. The summed E-state index contributed by atoms with van der Waals surface area (Å²) in [6.07, 6.45) is 6.22. The Labute approximate surface area is 124 Å². The van der Waals surface area contributed by atoms with Crippen LogP contribution < -0.4 is 4.90 Å². The molecular formula is C16H22N3O2+. The van der Waals surface area contributed by atoms with Crippen molar-refractivity contribution in [3.8, 4) is 0 Å². The highest BCUT2D eigenvalue weighted by Gasteiger charge is 2.45. The summed E-state index contributed by atoms with van der Waals surface area (Å²) in [7, 11) is 0. The number of likely N-dealkylation sites (N-methyl/N-ethyl adjacent to an activating group) is 1. The van der Waals surface area contributed by atoms with E-state index in [0.717, 1.165) is 25.9 Å². The number of piperidine rings is 1. The highest BCUT2D eigenvalue weighted by Crippen LogP contribution is 2.23. The lowest BCUT2D eigenvalue weighted by molar-refractivity contribution is -0.920. The second kappa shape index (κ2) is 5.93. The van der Waals surface area contributed by atoms with Gasteiger partial charge in [0.2, 0.25) is 5.91 Å². The molecule has 2 aliphatic rings. The Bertz CT molecular complexity index is 524. The van der Waals surface area contributed by atoms with Crippen LogP contribution in [0.4, 0.5) is 0 Å². The molecule has 2 amide bonds. The van der Waals surface area contributed by atoms with Gasteiger partial charge in [0.15, 0.2) is 6.04 Å². The van der Waals surface area contributed by atoms with Gasteiger partial charge in [0.05, 0.1) is 19.5 Å².